The molecule has 0 saturated heterocycles. The number of nitrogens with zero attached hydrogens (tertiary/aromatic N) is 1. The van der Waals surface area contributed by atoms with Gasteiger partial charge in [0.15, 0.2) is 6.67 Å². The Bertz CT molecular complexity index is 708. The lowest BCUT2D eigenvalue weighted by Gasteiger charge is -2.32. The van der Waals surface area contributed by atoms with E-state index in [1.54, 1.807) is 11.8 Å². The van der Waals surface area contributed by atoms with Gasteiger partial charge in [-0.05, 0) is 12.1 Å². The Morgan fingerprint density at radius 2 is 1.78 bits per heavy atom. The van der Waals surface area contributed by atoms with Crippen LogP contribution < -0.4 is 10.1 Å². The van der Waals surface area contributed by atoms with Crippen LogP contribution in [0.2, 0.25) is 13.1 Å². The minimum atomic E-state index is -6.16. The van der Waals surface area contributed by atoms with Crippen molar-refractivity contribution in [2.24, 2.45) is 0 Å². The number of ether oxygens (including phenoxy) is 1. The summed E-state index contributed by atoms with van der Waals surface area (Å²) in [6.07, 6.45) is -11.3. The molecule has 1 rings (SSSR count). The van der Waals surface area contributed by atoms with Crippen molar-refractivity contribution >= 4 is 24.9 Å². The first-order valence-corrected chi connectivity index (χ1v) is 10.6. The SMILES string of the molecule is C=C[Si](C)(C)c1cccc(N(C)C(=O)C(F)(OC(F)(F)CF)C(F)(F)F)c1. The molecule has 27 heavy (non-hydrogen) atoms. The predicted molar refractivity (Wildman–Crippen MR) is 89.1 cm³/mol. The number of hydrogen-bond acceptors (Lipinski definition) is 2. The van der Waals surface area contributed by atoms with Gasteiger partial charge in [-0.25, -0.2) is 4.39 Å². The number of carbonyl (C=O) groups excluding carboxylic acids is 1. The second-order valence-corrected chi connectivity index (χ2v) is 10.7. The molecule has 0 spiro atoms. The number of rotatable bonds is 7. The van der Waals surface area contributed by atoms with Crippen molar-refractivity contribution in [3.05, 3.63) is 36.5 Å². The Morgan fingerprint density at radius 3 is 2.22 bits per heavy atom. The molecule has 0 radical (unpaired) electrons. The van der Waals surface area contributed by atoms with Crippen LogP contribution in [0.4, 0.5) is 36.4 Å². The number of alkyl halides is 7. The van der Waals surface area contributed by atoms with Crippen molar-refractivity contribution in [2.75, 3.05) is 18.6 Å². The van der Waals surface area contributed by atoms with Crippen LogP contribution in [-0.4, -0.2) is 45.8 Å². The molecule has 0 aliphatic rings. The van der Waals surface area contributed by atoms with E-state index in [9.17, 15) is 35.5 Å². The van der Waals surface area contributed by atoms with E-state index in [1.807, 2.05) is 13.1 Å². The van der Waals surface area contributed by atoms with Crippen LogP contribution in [0.15, 0.2) is 36.5 Å². The first-order valence-electron chi connectivity index (χ1n) is 7.53. The quantitative estimate of drug-likeness (QED) is 0.494. The third kappa shape index (κ3) is 4.89. The van der Waals surface area contributed by atoms with E-state index in [1.165, 1.54) is 18.2 Å². The topological polar surface area (TPSA) is 29.5 Å². The van der Waals surface area contributed by atoms with Crippen LogP contribution in [0, 0.1) is 0 Å². The molecular weight excluding hydrogens is 399 g/mol. The van der Waals surface area contributed by atoms with Crippen molar-refractivity contribution in [3.8, 4) is 0 Å². The van der Waals surface area contributed by atoms with Gasteiger partial charge in [0.1, 0.15) is 8.07 Å². The number of halogens is 7. The summed E-state index contributed by atoms with van der Waals surface area (Å²) in [5, 5.41) is 0.654. The lowest BCUT2D eigenvalue weighted by molar-refractivity contribution is -0.394. The molecule has 0 heterocycles. The zero-order valence-corrected chi connectivity index (χ0v) is 15.7. The zero-order chi connectivity index (χ0) is 21.3. The second kappa shape index (κ2) is 7.62. The molecular formula is C16H18F7NO2Si. The second-order valence-electron chi connectivity index (χ2n) is 6.31. The molecule has 152 valence electrons. The summed E-state index contributed by atoms with van der Waals surface area (Å²) >= 11 is 0. The highest BCUT2D eigenvalue weighted by Crippen LogP contribution is 2.41. The molecule has 3 nitrogen and oxygen atoms in total. The lowest BCUT2D eigenvalue weighted by Crippen LogP contribution is -2.59. The van der Waals surface area contributed by atoms with Crippen molar-refractivity contribution in [1.29, 1.82) is 0 Å². The number of hydrogen-bond donors (Lipinski definition) is 0. The van der Waals surface area contributed by atoms with E-state index < -0.39 is 38.8 Å². The van der Waals surface area contributed by atoms with E-state index in [-0.39, 0.29) is 10.6 Å². The Kier molecular flexibility index (Phi) is 6.54. The summed E-state index contributed by atoms with van der Waals surface area (Å²) in [5.41, 5.74) is 1.49. The van der Waals surface area contributed by atoms with Crippen molar-refractivity contribution in [1.82, 2.24) is 0 Å². The molecule has 0 fully saturated rings. The van der Waals surface area contributed by atoms with Gasteiger partial charge in [0.25, 0.3) is 0 Å². The van der Waals surface area contributed by atoms with Crippen LogP contribution in [0.1, 0.15) is 0 Å². The van der Waals surface area contributed by atoms with Crippen LogP contribution in [0.3, 0.4) is 0 Å². The normalized spacial score (nSPS) is 15.2. The predicted octanol–water partition coefficient (Wildman–Crippen LogP) is 4.10. The smallest absolute Gasteiger partial charge is 0.310 e. The van der Waals surface area contributed by atoms with Gasteiger partial charge in [0, 0.05) is 12.7 Å². The van der Waals surface area contributed by atoms with Gasteiger partial charge < -0.3 is 4.90 Å². The maximum Gasteiger partial charge on any atom is 0.458 e. The third-order valence-electron chi connectivity index (χ3n) is 3.88. The molecule has 0 aliphatic carbocycles. The zero-order valence-electron chi connectivity index (χ0n) is 14.7. The highest BCUT2D eigenvalue weighted by atomic mass is 28.3. The molecule has 1 aromatic carbocycles. The fourth-order valence-corrected chi connectivity index (χ4v) is 3.30. The molecule has 1 amide bonds. The molecule has 1 atom stereocenters. The van der Waals surface area contributed by atoms with E-state index in [0.29, 0.717) is 5.19 Å². The highest BCUT2D eigenvalue weighted by Gasteiger charge is 2.68. The van der Waals surface area contributed by atoms with E-state index in [2.05, 4.69) is 11.3 Å². The van der Waals surface area contributed by atoms with Gasteiger partial charge in [-0.3, -0.25) is 9.53 Å². The monoisotopic (exact) mass is 417 g/mol. The summed E-state index contributed by atoms with van der Waals surface area (Å²) in [4.78, 5) is 12.3. The summed E-state index contributed by atoms with van der Waals surface area (Å²) < 4.78 is 94.4. The Morgan fingerprint density at radius 1 is 1.22 bits per heavy atom. The van der Waals surface area contributed by atoms with E-state index in [0.717, 1.165) is 7.05 Å². The Balaban J connectivity index is 3.35. The number of carbonyl (C=O) groups is 1. The first-order chi connectivity index (χ1) is 12.1. The molecule has 1 unspecified atom stereocenters. The van der Waals surface area contributed by atoms with Gasteiger partial charge in [-0.1, -0.05) is 36.1 Å². The number of likely N-dealkylation sites (N-methyl/N-ethyl adjacent to an activating group) is 1. The highest BCUT2D eigenvalue weighted by molar-refractivity contribution is 6.93. The number of benzene rings is 1. The fraction of sp³-hybridized carbons (Fsp3) is 0.438. The molecule has 1 aromatic rings. The average Bonchev–Trinajstić information content (AvgIpc) is 2.59. The third-order valence-corrected chi connectivity index (χ3v) is 6.70. The van der Waals surface area contributed by atoms with Gasteiger partial charge in [0.2, 0.25) is 0 Å². The molecule has 0 bridgehead atoms. The van der Waals surface area contributed by atoms with Crippen LogP contribution in [0.25, 0.3) is 0 Å². The molecule has 11 heteroatoms. The summed E-state index contributed by atoms with van der Waals surface area (Å²) in [5.74, 6) is -7.89. The van der Waals surface area contributed by atoms with Crippen molar-refractivity contribution in [3.63, 3.8) is 0 Å². The summed E-state index contributed by atoms with van der Waals surface area (Å²) in [6.45, 7) is 4.66. The Hall–Kier alpha value is -1.88. The average molecular weight is 417 g/mol. The first kappa shape index (κ1) is 23.2. The van der Waals surface area contributed by atoms with Crippen molar-refractivity contribution in [2.45, 2.75) is 31.2 Å². The van der Waals surface area contributed by atoms with E-state index in [4.69, 9.17) is 0 Å². The largest absolute Gasteiger partial charge is 0.458 e. The Labute approximate surface area is 152 Å². The fourth-order valence-electron chi connectivity index (χ4n) is 2.02. The molecule has 0 aliphatic heterocycles. The molecule has 0 N–H and O–H groups in total. The summed E-state index contributed by atoms with van der Waals surface area (Å²) in [6, 6.07) is 5.59. The lowest BCUT2D eigenvalue weighted by atomic mass is 10.2. The minimum Gasteiger partial charge on any atom is -0.310 e. The number of amides is 1. The maximum absolute atomic E-state index is 14.3. The van der Waals surface area contributed by atoms with Crippen LogP contribution >= 0.6 is 0 Å². The van der Waals surface area contributed by atoms with Gasteiger partial charge in [-0.15, -0.1) is 6.58 Å². The van der Waals surface area contributed by atoms with E-state index >= 15 is 0 Å². The van der Waals surface area contributed by atoms with Gasteiger partial charge >= 0.3 is 24.0 Å². The van der Waals surface area contributed by atoms with Gasteiger partial charge in [-0.2, -0.15) is 26.3 Å². The minimum absolute atomic E-state index is 0.182. The molecule has 0 aromatic heterocycles. The maximum atomic E-state index is 14.3. The number of anilines is 1. The molecule has 0 saturated carbocycles. The standard InChI is InChI=1S/C16H18F7NO2Si/c1-5-27(3,4)12-8-6-7-11(9-12)24(2)13(25)15(20,16(21,22)23)26-14(18,19)10-17/h5-9H,1,10H2,2-4H3. The van der Waals surface area contributed by atoms with Crippen LogP contribution in [0.5, 0.6) is 0 Å². The van der Waals surface area contributed by atoms with Crippen LogP contribution in [-0.2, 0) is 9.53 Å². The van der Waals surface area contributed by atoms with Crippen molar-refractivity contribution < 1.29 is 40.3 Å². The summed E-state index contributed by atoms with van der Waals surface area (Å²) in [7, 11) is -1.42. The van der Waals surface area contributed by atoms with Gasteiger partial charge in [0.05, 0.1) is 0 Å².